The van der Waals surface area contributed by atoms with E-state index >= 15 is 0 Å². The van der Waals surface area contributed by atoms with Crippen LogP contribution < -0.4 is 19.1 Å². The Hall–Kier alpha value is -3.27. The number of hydrogen-bond acceptors (Lipinski definition) is 6. The van der Waals surface area contributed by atoms with Crippen LogP contribution in [0.15, 0.2) is 48.5 Å². The van der Waals surface area contributed by atoms with Gasteiger partial charge in [-0.05, 0) is 24.1 Å². The predicted octanol–water partition coefficient (Wildman–Crippen LogP) is 2.02. The van der Waals surface area contributed by atoms with E-state index < -0.39 is 28.5 Å². The van der Waals surface area contributed by atoms with Crippen LogP contribution in [-0.4, -0.2) is 65.2 Å². The molecule has 0 fully saturated rings. The molecule has 10 heteroatoms. The second kappa shape index (κ2) is 11.6. The number of carbonyl (C=O) groups is 2. The molecule has 0 heterocycles. The molecule has 1 atom stereocenters. The molecule has 2 amide bonds. The molecule has 0 saturated carbocycles. The van der Waals surface area contributed by atoms with Crippen LogP contribution in [-0.2, 0) is 26.2 Å². The van der Waals surface area contributed by atoms with Gasteiger partial charge in [0.15, 0.2) is 0 Å². The molecular formula is C23H31N3O6S. The lowest BCUT2D eigenvalue weighted by Gasteiger charge is -2.32. The Morgan fingerprint density at radius 3 is 2.24 bits per heavy atom. The average molecular weight is 478 g/mol. The fourth-order valence-corrected chi connectivity index (χ4v) is 4.31. The van der Waals surface area contributed by atoms with Crippen molar-refractivity contribution in [3.8, 4) is 11.5 Å². The topological polar surface area (TPSA) is 105 Å². The first kappa shape index (κ1) is 26.0. The molecule has 0 aliphatic rings. The van der Waals surface area contributed by atoms with Gasteiger partial charge in [-0.3, -0.25) is 13.9 Å². The molecule has 0 aliphatic heterocycles. The fraction of sp³-hybridized carbons (Fsp3) is 0.391. The quantitative estimate of drug-likeness (QED) is 0.531. The summed E-state index contributed by atoms with van der Waals surface area (Å²) in [7, 11) is 0.523. The molecule has 0 saturated heterocycles. The van der Waals surface area contributed by atoms with Crippen LogP contribution in [0.1, 0.15) is 18.9 Å². The zero-order valence-electron chi connectivity index (χ0n) is 19.6. The van der Waals surface area contributed by atoms with Gasteiger partial charge in [0.25, 0.3) is 0 Å². The van der Waals surface area contributed by atoms with Crippen LogP contribution >= 0.6 is 0 Å². The third-order valence-corrected chi connectivity index (χ3v) is 6.29. The number of amides is 2. The van der Waals surface area contributed by atoms with E-state index in [-0.39, 0.29) is 23.9 Å². The van der Waals surface area contributed by atoms with E-state index in [9.17, 15) is 18.0 Å². The minimum atomic E-state index is -3.87. The van der Waals surface area contributed by atoms with E-state index in [1.165, 1.54) is 32.2 Å². The minimum Gasteiger partial charge on any atom is -0.497 e. The highest BCUT2D eigenvalue weighted by Gasteiger charge is 2.32. The zero-order valence-corrected chi connectivity index (χ0v) is 20.4. The zero-order chi connectivity index (χ0) is 24.6. The maximum absolute atomic E-state index is 13.5. The van der Waals surface area contributed by atoms with Crippen LogP contribution in [0.4, 0.5) is 5.69 Å². The molecule has 0 aliphatic carbocycles. The van der Waals surface area contributed by atoms with Gasteiger partial charge in [-0.2, -0.15) is 0 Å². The van der Waals surface area contributed by atoms with Crippen molar-refractivity contribution >= 4 is 27.5 Å². The van der Waals surface area contributed by atoms with E-state index in [1.54, 1.807) is 19.1 Å². The molecule has 2 aromatic rings. The second-order valence-corrected chi connectivity index (χ2v) is 9.26. The number of rotatable bonds is 11. The lowest BCUT2D eigenvalue weighted by Crippen LogP contribution is -2.51. The van der Waals surface area contributed by atoms with Gasteiger partial charge in [-0.25, -0.2) is 8.42 Å². The van der Waals surface area contributed by atoms with E-state index in [0.717, 1.165) is 16.1 Å². The number of sulfonamides is 1. The van der Waals surface area contributed by atoms with Crippen LogP contribution in [0, 0.1) is 0 Å². The van der Waals surface area contributed by atoms with Crippen molar-refractivity contribution in [1.82, 2.24) is 10.2 Å². The molecule has 2 rings (SSSR count). The predicted molar refractivity (Wildman–Crippen MR) is 127 cm³/mol. The molecule has 0 spiro atoms. The first-order valence-electron chi connectivity index (χ1n) is 10.4. The molecule has 2 aromatic carbocycles. The van der Waals surface area contributed by atoms with Crippen molar-refractivity contribution in [2.75, 3.05) is 38.4 Å². The van der Waals surface area contributed by atoms with Crippen molar-refractivity contribution in [1.29, 1.82) is 0 Å². The summed E-state index contributed by atoms with van der Waals surface area (Å²) in [6, 6.07) is 13.1. The number of methoxy groups -OCH3 is 2. The summed E-state index contributed by atoms with van der Waals surface area (Å²) >= 11 is 0. The van der Waals surface area contributed by atoms with Crippen LogP contribution in [0.3, 0.4) is 0 Å². The largest absolute Gasteiger partial charge is 0.497 e. The summed E-state index contributed by atoms with van der Waals surface area (Å²) < 4.78 is 36.9. The lowest BCUT2D eigenvalue weighted by atomic mass is 10.1. The van der Waals surface area contributed by atoms with Gasteiger partial charge < -0.3 is 19.7 Å². The van der Waals surface area contributed by atoms with Gasteiger partial charge in [0.2, 0.25) is 21.8 Å². The number of anilines is 1. The minimum absolute atomic E-state index is 0.156. The highest BCUT2D eigenvalue weighted by atomic mass is 32.2. The van der Waals surface area contributed by atoms with E-state index in [4.69, 9.17) is 9.47 Å². The Morgan fingerprint density at radius 2 is 1.73 bits per heavy atom. The number of benzene rings is 2. The highest BCUT2D eigenvalue weighted by Crippen LogP contribution is 2.33. The Kier molecular flexibility index (Phi) is 9.10. The third-order valence-electron chi connectivity index (χ3n) is 5.16. The molecule has 180 valence electrons. The highest BCUT2D eigenvalue weighted by molar-refractivity contribution is 7.92. The summed E-state index contributed by atoms with van der Waals surface area (Å²) in [6.45, 7) is 1.46. The smallest absolute Gasteiger partial charge is 0.244 e. The first-order valence-corrected chi connectivity index (χ1v) is 12.3. The first-order chi connectivity index (χ1) is 15.7. The van der Waals surface area contributed by atoms with Crippen molar-refractivity contribution in [3.63, 3.8) is 0 Å². The molecule has 33 heavy (non-hydrogen) atoms. The normalized spacial score (nSPS) is 11.9. The van der Waals surface area contributed by atoms with Gasteiger partial charge in [0, 0.05) is 19.7 Å². The summed E-state index contributed by atoms with van der Waals surface area (Å²) in [5.74, 6) is -0.125. The van der Waals surface area contributed by atoms with Gasteiger partial charge in [-0.1, -0.05) is 37.3 Å². The number of nitrogens with one attached hydrogen (secondary N) is 1. The van der Waals surface area contributed by atoms with Crippen molar-refractivity contribution in [3.05, 3.63) is 54.1 Å². The van der Waals surface area contributed by atoms with Gasteiger partial charge in [0.1, 0.15) is 24.1 Å². The number of ether oxygens (including phenoxy) is 2. The Morgan fingerprint density at radius 1 is 1.06 bits per heavy atom. The molecule has 1 N–H and O–H groups in total. The van der Waals surface area contributed by atoms with Crippen LogP contribution in [0.5, 0.6) is 11.5 Å². The van der Waals surface area contributed by atoms with E-state index in [1.807, 2.05) is 30.3 Å². The van der Waals surface area contributed by atoms with Gasteiger partial charge in [0.05, 0.1) is 26.2 Å². The maximum Gasteiger partial charge on any atom is 0.244 e. The Balaban J connectivity index is 2.48. The molecule has 0 aromatic heterocycles. The SMILES string of the molecule is CC[C@H](C(=O)NC)N(Cc1ccccc1)C(=O)CN(c1ccc(OC)cc1OC)S(C)(=O)=O. The second-order valence-electron chi connectivity index (χ2n) is 7.35. The standard InChI is InChI=1S/C23H31N3O6S/c1-6-19(23(28)24-2)25(15-17-10-8-7-9-11-17)22(27)16-26(33(5,29)30)20-13-12-18(31-3)14-21(20)32-4/h7-14,19H,6,15-16H2,1-5H3,(H,24,28)/t19-/m1/s1. The molecule has 0 bridgehead atoms. The van der Waals surface area contributed by atoms with Crippen LogP contribution in [0.25, 0.3) is 0 Å². The summed E-state index contributed by atoms with van der Waals surface area (Å²) in [5.41, 5.74) is 1.02. The van der Waals surface area contributed by atoms with Gasteiger partial charge in [-0.15, -0.1) is 0 Å². The summed E-state index contributed by atoms with van der Waals surface area (Å²) in [5, 5.41) is 2.58. The number of nitrogens with zero attached hydrogens (tertiary/aromatic N) is 2. The molecule has 0 radical (unpaired) electrons. The van der Waals surface area contributed by atoms with Crippen molar-refractivity contribution in [2.24, 2.45) is 0 Å². The third kappa shape index (κ3) is 6.61. The van der Waals surface area contributed by atoms with Gasteiger partial charge >= 0.3 is 0 Å². The van der Waals surface area contributed by atoms with Crippen molar-refractivity contribution < 1.29 is 27.5 Å². The molecular weight excluding hydrogens is 446 g/mol. The van der Waals surface area contributed by atoms with E-state index in [0.29, 0.717) is 12.2 Å². The van der Waals surface area contributed by atoms with Crippen LogP contribution in [0.2, 0.25) is 0 Å². The number of hydrogen-bond donors (Lipinski definition) is 1. The fourth-order valence-electron chi connectivity index (χ4n) is 3.45. The Labute approximate surface area is 195 Å². The summed E-state index contributed by atoms with van der Waals surface area (Å²) in [6.07, 6.45) is 1.38. The van der Waals surface area contributed by atoms with Crippen molar-refractivity contribution in [2.45, 2.75) is 25.9 Å². The monoisotopic (exact) mass is 477 g/mol. The lowest BCUT2D eigenvalue weighted by molar-refractivity contribution is -0.140. The van der Waals surface area contributed by atoms with E-state index in [2.05, 4.69) is 5.32 Å². The average Bonchev–Trinajstić information content (AvgIpc) is 2.81. The molecule has 0 unspecified atom stereocenters. The Bertz CT molecular complexity index is 1060. The number of likely N-dealkylation sites (N-methyl/N-ethyl adjacent to an activating group) is 1. The number of carbonyl (C=O) groups excluding carboxylic acids is 2. The summed E-state index contributed by atoms with van der Waals surface area (Å²) in [4.78, 5) is 27.4. The maximum atomic E-state index is 13.5. The molecule has 9 nitrogen and oxygen atoms in total.